The zero-order valence-corrected chi connectivity index (χ0v) is 13.0. The van der Waals surface area contributed by atoms with E-state index in [1.54, 1.807) is 6.92 Å². The Morgan fingerprint density at radius 1 is 1.41 bits per heavy atom. The van der Waals surface area contributed by atoms with Gasteiger partial charge in [-0.05, 0) is 31.2 Å². The van der Waals surface area contributed by atoms with Gasteiger partial charge in [0.05, 0.1) is 23.4 Å². The number of benzene rings is 1. The summed E-state index contributed by atoms with van der Waals surface area (Å²) in [6.07, 6.45) is -0.262. The summed E-state index contributed by atoms with van der Waals surface area (Å²) in [5, 5.41) is 5.61. The largest absolute Gasteiger partial charge is 0.375 e. The van der Waals surface area contributed by atoms with Crippen molar-refractivity contribution in [3.8, 4) is 0 Å². The summed E-state index contributed by atoms with van der Waals surface area (Å²) in [6.45, 7) is 2.90. The maximum atomic E-state index is 12.8. The third-order valence-electron chi connectivity index (χ3n) is 3.44. The van der Waals surface area contributed by atoms with Crippen molar-refractivity contribution in [2.45, 2.75) is 24.0 Å². The third kappa shape index (κ3) is 4.25. The summed E-state index contributed by atoms with van der Waals surface area (Å²) >= 11 is 0. The number of carbonyl (C=O) groups excluding carboxylic acids is 1. The fraction of sp³-hybridized carbons (Fsp3) is 0.500. The van der Waals surface area contributed by atoms with E-state index in [0.29, 0.717) is 13.2 Å². The molecule has 0 unspecified atom stereocenters. The molecule has 0 bridgehead atoms. The molecule has 0 saturated carbocycles. The van der Waals surface area contributed by atoms with E-state index < -0.39 is 21.7 Å². The van der Waals surface area contributed by atoms with Crippen LogP contribution in [-0.2, 0) is 19.4 Å². The van der Waals surface area contributed by atoms with Crippen molar-refractivity contribution in [1.82, 2.24) is 10.6 Å². The van der Waals surface area contributed by atoms with Gasteiger partial charge in [0.2, 0.25) is 5.91 Å². The van der Waals surface area contributed by atoms with Crippen LogP contribution in [0.3, 0.4) is 0 Å². The van der Waals surface area contributed by atoms with E-state index in [4.69, 9.17) is 4.74 Å². The molecule has 0 radical (unpaired) electrons. The highest BCUT2D eigenvalue weighted by molar-refractivity contribution is 7.91. The van der Waals surface area contributed by atoms with Gasteiger partial charge in [0.15, 0.2) is 9.84 Å². The van der Waals surface area contributed by atoms with Crippen LogP contribution < -0.4 is 10.6 Å². The SMILES string of the molecule is C[C@H]1OCCN[C@@H]1C(=O)NCCS(=O)(=O)c1ccc(F)cc1. The van der Waals surface area contributed by atoms with E-state index in [0.717, 1.165) is 12.1 Å². The second kappa shape index (κ2) is 7.17. The van der Waals surface area contributed by atoms with Gasteiger partial charge >= 0.3 is 0 Å². The fourth-order valence-corrected chi connectivity index (χ4v) is 3.36. The van der Waals surface area contributed by atoms with Crippen LogP contribution in [0.15, 0.2) is 29.2 Å². The van der Waals surface area contributed by atoms with Crippen molar-refractivity contribution in [2.75, 3.05) is 25.4 Å². The first kappa shape index (κ1) is 16.9. The van der Waals surface area contributed by atoms with Gasteiger partial charge in [-0.2, -0.15) is 0 Å². The number of rotatable bonds is 5. The molecule has 0 aromatic heterocycles. The summed E-state index contributed by atoms with van der Waals surface area (Å²) in [5.74, 6) is -1.03. The van der Waals surface area contributed by atoms with Gasteiger partial charge < -0.3 is 15.4 Å². The van der Waals surface area contributed by atoms with Crippen LogP contribution >= 0.6 is 0 Å². The molecule has 2 N–H and O–H groups in total. The molecule has 22 heavy (non-hydrogen) atoms. The summed E-state index contributed by atoms with van der Waals surface area (Å²) in [7, 11) is -3.55. The van der Waals surface area contributed by atoms with Crippen molar-refractivity contribution < 1.29 is 22.3 Å². The molecule has 0 aliphatic carbocycles. The Bertz CT molecular complexity index is 618. The first-order valence-corrected chi connectivity index (χ1v) is 8.66. The molecule has 122 valence electrons. The molecule has 1 aliphatic rings. The van der Waals surface area contributed by atoms with E-state index in [9.17, 15) is 17.6 Å². The lowest BCUT2D eigenvalue weighted by atomic mass is 10.1. The Labute approximate surface area is 129 Å². The second-order valence-electron chi connectivity index (χ2n) is 5.07. The van der Waals surface area contributed by atoms with Gasteiger partial charge in [-0.1, -0.05) is 0 Å². The Kier molecular flexibility index (Phi) is 5.49. The Morgan fingerprint density at radius 3 is 2.73 bits per heavy atom. The highest BCUT2D eigenvalue weighted by Gasteiger charge is 2.28. The van der Waals surface area contributed by atoms with Crippen molar-refractivity contribution in [1.29, 1.82) is 0 Å². The molecular weight excluding hydrogens is 311 g/mol. The number of hydrogen-bond acceptors (Lipinski definition) is 5. The van der Waals surface area contributed by atoms with Gasteiger partial charge in [0.1, 0.15) is 11.9 Å². The minimum absolute atomic E-state index is 0.0105. The lowest BCUT2D eigenvalue weighted by Crippen LogP contribution is -2.55. The second-order valence-corrected chi connectivity index (χ2v) is 7.18. The van der Waals surface area contributed by atoms with E-state index in [1.807, 2.05) is 0 Å². The van der Waals surface area contributed by atoms with E-state index in [1.165, 1.54) is 12.1 Å². The van der Waals surface area contributed by atoms with E-state index in [2.05, 4.69) is 10.6 Å². The molecule has 1 aliphatic heterocycles. The minimum Gasteiger partial charge on any atom is -0.375 e. The number of morpholine rings is 1. The monoisotopic (exact) mass is 330 g/mol. The van der Waals surface area contributed by atoms with Gasteiger partial charge in [-0.25, -0.2) is 12.8 Å². The number of sulfone groups is 1. The van der Waals surface area contributed by atoms with E-state index in [-0.39, 0.29) is 29.2 Å². The topological polar surface area (TPSA) is 84.5 Å². The van der Waals surface area contributed by atoms with Gasteiger partial charge in [-0.15, -0.1) is 0 Å². The average molecular weight is 330 g/mol. The van der Waals surface area contributed by atoms with Crippen LogP contribution in [0.5, 0.6) is 0 Å². The predicted molar refractivity (Wildman–Crippen MR) is 78.7 cm³/mol. The molecule has 2 rings (SSSR count). The van der Waals surface area contributed by atoms with Crippen LogP contribution in [0.1, 0.15) is 6.92 Å². The van der Waals surface area contributed by atoms with Crippen LogP contribution in [-0.4, -0.2) is 51.9 Å². The molecule has 1 aromatic carbocycles. The Balaban J connectivity index is 1.87. The first-order valence-electron chi connectivity index (χ1n) is 7.01. The highest BCUT2D eigenvalue weighted by Crippen LogP contribution is 2.11. The summed E-state index contributed by atoms with van der Waals surface area (Å²) < 4.78 is 42.3. The minimum atomic E-state index is -3.55. The molecule has 1 heterocycles. The maximum Gasteiger partial charge on any atom is 0.239 e. The first-order chi connectivity index (χ1) is 10.4. The lowest BCUT2D eigenvalue weighted by molar-refractivity contribution is -0.128. The van der Waals surface area contributed by atoms with Crippen LogP contribution in [0.4, 0.5) is 4.39 Å². The summed E-state index contributed by atoms with van der Waals surface area (Å²) in [6, 6.07) is 4.13. The maximum absolute atomic E-state index is 12.8. The van der Waals surface area contributed by atoms with Crippen molar-refractivity contribution in [3.05, 3.63) is 30.1 Å². The van der Waals surface area contributed by atoms with Crippen LogP contribution in [0.25, 0.3) is 0 Å². The standard InChI is InChI=1S/C14H19FN2O4S/c1-10-13(16-6-8-21-10)14(18)17-7-9-22(19,20)12-4-2-11(15)3-5-12/h2-5,10,13,16H,6-9H2,1H3,(H,17,18)/t10-,13+/m1/s1. The number of halogens is 1. The van der Waals surface area contributed by atoms with Crippen molar-refractivity contribution in [2.24, 2.45) is 0 Å². The van der Waals surface area contributed by atoms with Crippen LogP contribution in [0.2, 0.25) is 0 Å². The van der Waals surface area contributed by atoms with Gasteiger partial charge in [0.25, 0.3) is 0 Å². The zero-order valence-electron chi connectivity index (χ0n) is 12.2. The smallest absolute Gasteiger partial charge is 0.239 e. The summed E-state index contributed by atoms with van der Waals surface area (Å²) in [4.78, 5) is 12.0. The molecular formula is C14H19FN2O4S. The number of amides is 1. The molecule has 1 fully saturated rings. The molecule has 1 amide bonds. The van der Waals surface area contributed by atoms with Gasteiger partial charge in [0, 0.05) is 13.1 Å². The zero-order chi connectivity index (χ0) is 16.2. The summed E-state index contributed by atoms with van der Waals surface area (Å²) in [5.41, 5.74) is 0. The molecule has 1 saturated heterocycles. The third-order valence-corrected chi connectivity index (χ3v) is 5.17. The van der Waals surface area contributed by atoms with Crippen molar-refractivity contribution >= 4 is 15.7 Å². The number of ether oxygens (including phenoxy) is 1. The van der Waals surface area contributed by atoms with Crippen LogP contribution in [0, 0.1) is 5.82 Å². The number of nitrogens with one attached hydrogen (secondary N) is 2. The molecule has 0 spiro atoms. The molecule has 8 heteroatoms. The Hall–Kier alpha value is -1.51. The quantitative estimate of drug-likeness (QED) is 0.748. The fourth-order valence-electron chi connectivity index (χ4n) is 2.21. The van der Waals surface area contributed by atoms with Crippen molar-refractivity contribution in [3.63, 3.8) is 0 Å². The Morgan fingerprint density at radius 2 is 2.09 bits per heavy atom. The van der Waals surface area contributed by atoms with Gasteiger partial charge in [-0.3, -0.25) is 4.79 Å². The lowest BCUT2D eigenvalue weighted by Gasteiger charge is -2.29. The number of carbonyl (C=O) groups is 1. The normalized spacial score (nSPS) is 22.3. The molecule has 6 nitrogen and oxygen atoms in total. The number of hydrogen-bond donors (Lipinski definition) is 2. The highest BCUT2D eigenvalue weighted by atomic mass is 32.2. The molecule has 1 aromatic rings. The molecule has 2 atom stereocenters. The predicted octanol–water partition coefficient (Wildman–Crippen LogP) is 0.0925. The average Bonchev–Trinajstić information content (AvgIpc) is 2.48. The van der Waals surface area contributed by atoms with E-state index >= 15 is 0 Å².